The summed E-state index contributed by atoms with van der Waals surface area (Å²) < 4.78 is 23.8. The summed E-state index contributed by atoms with van der Waals surface area (Å²) in [7, 11) is 1.67. The Bertz CT molecular complexity index is 1730. The van der Waals surface area contributed by atoms with Gasteiger partial charge in [0.15, 0.2) is 22.7 Å². The topological polar surface area (TPSA) is 106 Å². The predicted octanol–water partition coefficient (Wildman–Crippen LogP) is 6.39. The highest BCUT2D eigenvalue weighted by Crippen LogP contribution is 2.37. The maximum Gasteiger partial charge on any atom is 0.307 e. The number of hydrogen-bond acceptors (Lipinski definition) is 10. The number of para-hydroxylation sites is 3. The van der Waals surface area contributed by atoms with Crippen LogP contribution in [0.5, 0.6) is 11.5 Å². The van der Waals surface area contributed by atoms with Gasteiger partial charge in [0.05, 0.1) is 12.8 Å². The minimum atomic E-state index is 0.135. The van der Waals surface area contributed by atoms with E-state index < -0.39 is 0 Å². The molecule has 0 atom stereocenters. The minimum Gasteiger partial charge on any atom is -0.493 e. The van der Waals surface area contributed by atoms with Gasteiger partial charge in [0.2, 0.25) is 0 Å². The zero-order chi connectivity index (χ0) is 30.8. The number of benzene rings is 3. The first-order valence-corrected chi connectivity index (χ1v) is 15.8. The van der Waals surface area contributed by atoms with Crippen LogP contribution in [0.4, 0.5) is 17.7 Å². The lowest BCUT2D eigenvalue weighted by molar-refractivity contribution is 0.0844. The summed E-state index contributed by atoms with van der Waals surface area (Å²) in [6, 6.07) is 21.3. The zero-order valence-corrected chi connectivity index (χ0v) is 25.7. The Kier molecular flexibility index (Phi) is 8.32. The molecule has 0 spiro atoms. The lowest BCUT2D eigenvalue weighted by atomic mass is 9.97. The van der Waals surface area contributed by atoms with Crippen molar-refractivity contribution in [3.63, 3.8) is 0 Å². The molecule has 0 radical (unpaired) electrons. The number of nitrogens with zero attached hydrogens (tertiary/aromatic N) is 5. The molecule has 3 aromatic carbocycles. The molecule has 10 heteroatoms. The molecule has 0 unspecified atom stereocenters. The first-order valence-electron chi connectivity index (χ1n) is 15.8. The molecule has 10 nitrogen and oxygen atoms in total. The van der Waals surface area contributed by atoms with E-state index in [1.54, 1.807) is 13.2 Å². The summed E-state index contributed by atoms with van der Waals surface area (Å²) in [6.45, 7) is 9.24. The fourth-order valence-electron chi connectivity index (χ4n) is 6.71. The number of rotatable bonds is 10. The van der Waals surface area contributed by atoms with Crippen molar-refractivity contribution in [1.29, 1.82) is 0 Å². The van der Waals surface area contributed by atoms with E-state index in [-0.39, 0.29) is 6.04 Å². The Hall–Kier alpha value is -4.54. The van der Waals surface area contributed by atoms with Gasteiger partial charge in [-0.15, -0.1) is 0 Å². The third-order valence-electron chi connectivity index (χ3n) is 9.06. The van der Waals surface area contributed by atoms with Crippen molar-refractivity contribution in [3.05, 3.63) is 78.9 Å². The summed E-state index contributed by atoms with van der Waals surface area (Å²) >= 11 is 0. The van der Waals surface area contributed by atoms with Gasteiger partial charge in [-0.05, 0) is 80.7 Å². The molecule has 2 fully saturated rings. The van der Waals surface area contributed by atoms with Crippen LogP contribution in [0.2, 0.25) is 0 Å². The third-order valence-corrected chi connectivity index (χ3v) is 9.06. The molecule has 45 heavy (non-hydrogen) atoms. The van der Waals surface area contributed by atoms with Gasteiger partial charge in [-0.1, -0.05) is 36.9 Å². The van der Waals surface area contributed by atoms with Crippen LogP contribution in [0.3, 0.4) is 0 Å². The number of ether oxygens (including phenoxy) is 2. The van der Waals surface area contributed by atoms with Crippen molar-refractivity contribution in [2.24, 2.45) is 0 Å². The molecule has 2 saturated heterocycles. The maximum atomic E-state index is 6.25. The van der Waals surface area contributed by atoms with Gasteiger partial charge in [-0.25, -0.2) is 4.90 Å². The molecule has 2 aromatic heterocycles. The number of anilines is 3. The summed E-state index contributed by atoms with van der Waals surface area (Å²) in [5.74, 6) is 1.51. The molecular weight excluding hydrogens is 568 g/mol. The first kappa shape index (κ1) is 29.2. The number of piperidine rings is 2. The fourth-order valence-corrected chi connectivity index (χ4v) is 6.71. The molecule has 7 rings (SSSR count). The zero-order valence-electron chi connectivity index (χ0n) is 25.7. The number of hydrogen-bond donors (Lipinski definition) is 1. The third kappa shape index (κ3) is 6.08. The van der Waals surface area contributed by atoms with E-state index in [1.165, 1.54) is 5.56 Å². The molecule has 0 bridgehead atoms. The van der Waals surface area contributed by atoms with Gasteiger partial charge in [0.25, 0.3) is 0 Å². The van der Waals surface area contributed by atoms with Crippen LogP contribution >= 0.6 is 0 Å². The largest absolute Gasteiger partial charge is 0.493 e. The number of nitrogen functional groups attached to an aromatic ring is 1. The van der Waals surface area contributed by atoms with Crippen LogP contribution in [0, 0.1) is 0 Å². The number of methoxy groups -OCH3 is 1. The minimum absolute atomic E-state index is 0.135. The molecule has 234 valence electrons. The normalized spacial score (nSPS) is 17.2. The Morgan fingerprint density at radius 2 is 1.67 bits per heavy atom. The number of aromatic nitrogens is 2. The summed E-state index contributed by atoms with van der Waals surface area (Å²) in [4.78, 5) is 16.9. The van der Waals surface area contributed by atoms with Gasteiger partial charge in [0.1, 0.15) is 17.6 Å². The molecular formula is C35H40N6O4. The Morgan fingerprint density at radius 1 is 0.911 bits per heavy atom. The van der Waals surface area contributed by atoms with E-state index in [0.717, 1.165) is 81.0 Å². The molecule has 0 aliphatic carbocycles. The van der Waals surface area contributed by atoms with Gasteiger partial charge in [-0.3, -0.25) is 4.90 Å². The predicted molar refractivity (Wildman–Crippen MR) is 176 cm³/mol. The summed E-state index contributed by atoms with van der Waals surface area (Å²) in [6.07, 6.45) is 5.96. The highest BCUT2D eigenvalue weighted by atomic mass is 16.5. The number of nitrogens with two attached hydrogens (primary N) is 1. The van der Waals surface area contributed by atoms with E-state index in [9.17, 15) is 0 Å². The van der Waals surface area contributed by atoms with Crippen molar-refractivity contribution < 1.29 is 18.3 Å². The Morgan fingerprint density at radius 3 is 2.42 bits per heavy atom. The highest BCUT2D eigenvalue weighted by molar-refractivity contribution is 5.87. The Balaban J connectivity index is 1.01. The van der Waals surface area contributed by atoms with Crippen molar-refractivity contribution >= 4 is 39.9 Å². The van der Waals surface area contributed by atoms with Crippen LogP contribution in [-0.4, -0.2) is 71.7 Å². The van der Waals surface area contributed by atoms with Crippen LogP contribution in [0.25, 0.3) is 22.2 Å². The first-order chi connectivity index (χ1) is 22.1. The molecule has 4 heterocycles. The van der Waals surface area contributed by atoms with Crippen molar-refractivity contribution in [2.45, 2.75) is 44.3 Å². The molecule has 0 saturated carbocycles. The monoisotopic (exact) mass is 608 g/mol. The average Bonchev–Trinajstić information content (AvgIpc) is 3.70. The summed E-state index contributed by atoms with van der Waals surface area (Å²) in [5.41, 5.74) is 10.9. The standard InChI is InChI=1S/C35H40N6O4/c1-3-21-43-32-22-24(11-12-30(32)42-2)23-39-17-13-25(14-18-39)40-19-15-26(16-20-40)41(34-37-28-8-4-5-9-29(28)44-34)35-38-33-27(36)7-6-10-31(33)45-35/h3-12,22,25-26H,1,13-21,23,36H2,2H3. The number of oxazole rings is 2. The lowest BCUT2D eigenvalue weighted by Crippen LogP contribution is -2.50. The average molecular weight is 609 g/mol. The second-order valence-corrected chi connectivity index (χ2v) is 11.9. The quantitative estimate of drug-likeness (QED) is 0.142. The van der Waals surface area contributed by atoms with E-state index in [4.69, 9.17) is 34.0 Å². The molecule has 0 amide bonds. The SMILES string of the molecule is C=CCOc1cc(CN2CCC(N3CCC(N(c4nc5ccccc5o4)c4nc5c(N)cccc5o4)CC3)CC2)ccc1OC. The Labute approximate surface area is 263 Å². The van der Waals surface area contributed by atoms with Crippen LogP contribution in [0.15, 0.2) is 82.2 Å². The van der Waals surface area contributed by atoms with Crippen molar-refractivity contribution in [1.82, 2.24) is 19.8 Å². The molecule has 2 N–H and O–H groups in total. The van der Waals surface area contributed by atoms with Gasteiger partial charge >= 0.3 is 12.0 Å². The second-order valence-electron chi connectivity index (χ2n) is 11.9. The van der Waals surface area contributed by atoms with Crippen LogP contribution < -0.4 is 20.1 Å². The van der Waals surface area contributed by atoms with E-state index in [0.29, 0.717) is 41.5 Å². The molecule has 2 aliphatic rings. The van der Waals surface area contributed by atoms with E-state index in [2.05, 4.69) is 28.5 Å². The fraction of sp³-hybridized carbons (Fsp3) is 0.371. The maximum absolute atomic E-state index is 6.25. The lowest BCUT2D eigenvalue weighted by Gasteiger charge is -2.43. The van der Waals surface area contributed by atoms with Crippen molar-refractivity contribution in [3.8, 4) is 11.5 Å². The summed E-state index contributed by atoms with van der Waals surface area (Å²) in [5, 5.41) is 0. The van der Waals surface area contributed by atoms with E-state index in [1.807, 2.05) is 53.4 Å². The van der Waals surface area contributed by atoms with Gasteiger partial charge in [-0.2, -0.15) is 9.97 Å². The van der Waals surface area contributed by atoms with Crippen LogP contribution in [0.1, 0.15) is 31.2 Å². The molecule has 5 aromatic rings. The van der Waals surface area contributed by atoms with Gasteiger partial charge < -0.3 is 28.9 Å². The van der Waals surface area contributed by atoms with Crippen molar-refractivity contribution in [2.75, 3.05) is 50.5 Å². The number of likely N-dealkylation sites (tertiary alicyclic amines) is 2. The van der Waals surface area contributed by atoms with Crippen LogP contribution in [-0.2, 0) is 6.54 Å². The van der Waals surface area contributed by atoms with Gasteiger partial charge in [0, 0.05) is 31.7 Å². The highest BCUT2D eigenvalue weighted by Gasteiger charge is 2.35. The second kappa shape index (κ2) is 12.8. The smallest absolute Gasteiger partial charge is 0.307 e. The van der Waals surface area contributed by atoms with E-state index >= 15 is 0 Å². The number of fused-ring (bicyclic) bond motifs is 2. The molecule has 2 aliphatic heterocycles.